The molecule has 2 amide bonds. The van der Waals surface area contributed by atoms with Gasteiger partial charge < -0.3 is 19.3 Å². The molecule has 1 aliphatic rings. The van der Waals surface area contributed by atoms with Crippen LogP contribution in [0.1, 0.15) is 54.4 Å². The zero-order valence-corrected chi connectivity index (χ0v) is 27.3. The third kappa shape index (κ3) is 8.98. The Morgan fingerprint density at radius 1 is 1.12 bits per heavy atom. The molecule has 1 aliphatic heterocycles. The second-order valence-electron chi connectivity index (χ2n) is 11.4. The quantitative estimate of drug-likeness (QED) is 0.196. The number of hydrogen-bond donors (Lipinski definition) is 1. The van der Waals surface area contributed by atoms with Crippen LogP contribution in [0.25, 0.3) is 28.4 Å². The van der Waals surface area contributed by atoms with Crippen LogP contribution in [0, 0.1) is 6.92 Å². The lowest BCUT2D eigenvalue weighted by atomic mass is 9.86. The molecule has 2 heterocycles. The second-order valence-corrected chi connectivity index (χ2v) is 12.4. The number of Topliss-reactive ketones (excluding diaryl/α,β-unsaturated/α-hetero) is 1. The standard InChI is InChI=1S/C35H33F3N4O5S/c1-20(2)28-17-24(32-41-33(47-42-32)22-7-11-27(12-8-22)46-35(36,37)38)9-13-30(28)39-34(44)40-31-14-10-23(16-26(43)19-48-31)29-15-21(3)5-6-25(29)18-45-4/h5-9,11-13,15,17,23H,1,10,14,16,18-19H2,2-4H3,(H,39,44). The summed E-state index contributed by atoms with van der Waals surface area (Å²) < 4.78 is 52.1. The van der Waals surface area contributed by atoms with Gasteiger partial charge in [0.05, 0.1) is 17.4 Å². The van der Waals surface area contributed by atoms with Gasteiger partial charge in [0.25, 0.3) is 5.89 Å². The maximum Gasteiger partial charge on any atom is 0.573 e. The molecule has 3 aromatic carbocycles. The summed E-state index contributed by atoms with van der Waals surface area (Å²) in [6, 6.07) is 15.8. The van der Waals surface area contributed by atoms with Crippen LogP contribution < -0.4 is 10.1 Å². The molecule has 250 valence electrons. The Labute approximate surface area is 279 Å². The number of thioether (sulfide) groups is 1. The Kier molecular flexibility index (Phi) is 10.8. The first-order chi connectivity index (χ1) is 22.9. The van der Waals surface area contributed by atoms with E-state index in [1.165, 1.54) is 23.9 Å². The maximum atomic E-state index is 13.1. The molecule has 9 nitrogen and oxygen atoms in total. The van der Waals surface area contributed by atoms with Gasteiger partial charge in [-0.25, -0.2) is 4.79 Å². The molecule has 1 fully saturated rings. The molecule has 0 bridgehead atoms. The van der Waals surface area contributed by atoms with Crippen LogP contribution in [0.4, 0.5) is 23.7 Å². The molecule has 1 aromatic heterocycles. The Bertz CT molecular complexity index is 1850. The zero-order chi connectivity index (χ0) is 34.4. The summed E-state index contributed by atoms with van der Waals surface area (Å²) in [7, 11) is 1.65. The van der Waals surface area contributed by atoms with Crippen molar-refractivity contribution in [2.24, 2.45) is 4.99 Å². The third-order valence-electron chi connectivity index (χ3n) is 7.59. The number of aromatic nitrogens is 2. The number of nitrogens with zero attached hydrogens (tertiary/aromatic N) is 3. The van der Waals surface area contributed by atoms with Crippen LogP contribution in [-0.2, 0) is 16.1 Å². The van der Waals surface area contributed by atoms with Crippen molar-refractivity contribution in [3.63, 3.8) is 0 Å². The number of carbonyl (C=O) groups is 2. The van der Waals surface area contributed by atoms with Crippen LogP contribution in [0.5, 0.6) is 5.75 Å². The number of benzene rings is 3. The molecule has 0 radical (unpaired) electrons. The number of halogens is 3. The molecular formula is C35H33F3N4O5S. The smallest absolute Gasteiger partial charge is 0.406 e. The number of alkyl halides is 3. The summed E-state index contributed by atoms with van der Waals surface area (Å²) >= 11 is 1.29. The normalized spacial score (nSPS) is 16.3. The average Bonchev–Trinajstić information content (AvgIpc) is 3.52. The maximum absolute atomic E-state index is 13.1. The highest BCUT2D eigenvalue weighted by Crippen LogP contribution is 2.34. The van der Waals surface area contributed by atoms with Crippen LogP contribution in [-0.4, -0.2) is 46.2 Å². The van der Waals surface area contributed by atoms with Crippen molar-refractivity contribution in [2.75, 3.05) is 18.2 Å². The number of aliphatic imine (C=N–C) groups is 1. The molecule has 13 heteroatoms. The Hall–Kier alpha value is -4.75. The molecule has 4 aromatic rings. The first-order valence-electron chi connectivity index (χ1n) is 15.0. The van der Waals surface area contributed by atoms with Gasteiger partial charge in [0.1, 0.15) is 11.5 Å². The fourth-order valence-corrected chi connectivity index (χ4v) is 6.22. The number of rotatable bonds is 8. The molecule has 0 saturated carbocycles. The fourth-order valence-electron chi connectivity index (χ4n) is 5.36. The molecule has 1 atom stereocenters. The average molecular weight is 679 g/mol. The van der Waals surface area contributed by atoms with E-state index < -0.39 is 12.4 Å². The van der Waals surface area contributed by atoms with Gasteiger partial charge >= 0.3 is 12.4 Å². The summed E-state index contributed by atoms with van der Waals surface area (Å²) in [5.41, 5.74) is 5.96. The summed E-state index contributed by atoms with van der Waals surface area (Å²) in [4.78, 5) is 34.7. The number of aryl methyl sites for hydroxylation is 1. The van der Waals surface area contributed by atoms with Gasteiger partial charge in [0.15, 0.2) is 0 Å². The molecule has 0 spiro atoms. The Morgan fingerprint density at radius 2 is 1.88 bits per heavy atom. The number of methoxy groups -OCH3 is 1. The highest BCUT2D eigenvalue weighted by atomic mass is 32.2. The van der Waals surface area contributed by atoms with Crippen molar-refractivity contribution < 1.29 is 36.8 Å². The van der Waals surface area contributed by atoms with Gasteiger partial charge in [-0.2, -0.15) is 9.98 Å². The van der Waals surface area contributed by atoms with Gasteiger partial charge in [0, 0.05) is 35.9 Å². The fraction of sp³-hybridized carbons (Fsp3) is 0.286. The highest BCUT2D eigenvalue weighted by Gasteiger charge is 2.31. The summed E-state index contributed by atoms with van der Waals surface area (Å²) in [6.45, 7) is 8.29. The summed E-state index contributed by atoms with van der Waals surface area (Å²) in [6.07, 6.45) is -3.17. The minimum Gasteiger partial charge on any atom is -0.406 e. The number of ether oxygens (including phenoxy) is 2. The molecule has 0 aliphatic carbocycles. The number of hydrogen-bond acceptors (Lipinski definition) is 8. The van der Waals surface area contributed by atoms with Crippen LogP contribution in [0.2, 0.25) is 0 Å². The number of ketones is 1. The van der Waals surface area contributed by atoms with E-state index in [-0.39, 0.29) is 34.9 Å². The van der Waals surface area contributed by atoms with E-state index >= 15 is 0 Å². The number of amides is 2. The SMILES string of the molecule is C=C(C)c1cc(-c2noc(-c3ccc(OC(F)(F)F)cc3)n2)ccc1NC(=O)N=C1CCC(c2cc(C)ccc2COC)CC(=O)CS1. The van der Waals surface area contributed by atoms with Gasteiger partial charge in [-0.05, 0) is 91.8 Å². The minimum absolute atomic E-state index is 0.00676. The predicted octanol–water partition coefficient (Wildman–Crippen LogP) is 8.99. The Morgan fingerprint density at radius 3 is 2.58 bits per heavy atom. The number of nitrogens with one attached hydrogen (secondary N) is 1. The van der Waals surface area contributed by atoms with Crippen LogP contribution in [0.15, 0.2) is 76.8 Å². The van der Waals surface area contributed by atoms with Gasteiger partial charge in [-0.15, -0.1) is 24.9 Å². The Balaban J connectivity index is 1.30. The third-order valence-corrected chi connectivity index (χ3v) is 8.68. The lowest BCUT2D eigenvalue weighted by Crippen LogP contribution is -2.18. The van der Waals surface area contributed by atoms with E-state index in [0.717, 1.165) is 28.8 Å². The number of anilines is 1. The van der Waals surface area contributed by atoms with E-state index in [1.54, 1.807) is 32.2 Å². The van der Waals surface area contributed by atoms with Crippen LogP contribution >= 0.6 is 11.8 Å². The summed E-state index contributed by atoms with van der Waals surface area (Å²) in [5.74, 6) is 0.284. The minimum atomic E-state index is -4.80. The van der Waals surface area contributed by atoms with E-state index in [4.69, 9.17) is 9.26 Å². The van der Waals surface area contributed by atoms with E-state index in [2.05, 4.69) is 37.8 Å². The van der Waals surface area contributed by atoms with Crippen LogP contribution in [0.3, 0.4) is 0 Å². The van der Waals surface area contributed by atoms with Crippen molar-refractivity contribution >= 4 is 39.9 Å². The van der Waals surface area contributed by atoms with E-state index in [0.29, 0.717) is 58.9 Å². The van der Waals surface area contributed by atoms with E-state index in [1.807, 2.05) is 19.1 Å². The second kappa shape index (κ2) is 15.0. The van der Waals surface area contributed by atoms with Gasteiger partial charge in [0.2, 0.25) is 5.82 Å². The topological polar surface area (TPSA) is 116 Å². The van der Waals surface area contributed by atoms with Crippen molar-refractivity contribution in [2.45, 2.75) is 52.0 Å². The first kappa shape index (κ1) is 34.6. The predicted molar refractivity (Wildman–Crippen MR) is 179 cm³/mol. The molecule has 1 N–H and O–H groups in total. The van der Waals surface area contributed by atoms with Crippen molar-refractivity contribution in [1.29, 1.82) is 0 Å². The molecule has 1 unspecified atom stereocenters. The lowest BCUT2D eigenvalue weighted by Gasteiger charge is -2.23. The van der Waals surface area contributed by atoms with Crippen molar-refractivity contribution in [3.8, 4) is 28.6 Å². The molecular weight excluding hydrogens is 645 g/mol. The number of allylic oxidation sites excluding steroid dienone is 1. The number of carbonyl (C=O) groups excluding carboxylic acids is 2. The summed E-state index contributed by atoms with van der Waals surface area (Å²) in [5, 5.41) is 7.43. The molecule has 5 rings (SSSR count). The first-order valence-corrected chi connectivity index (χ1v) is 16.0. The van der Waals surface area contributed by atoms with Gasteiger partial charge in [-0.1, -0.05) is 35.5 Å². The zero-order valence-electron chi connectivity index (χ0n) is 26.5. The number of urea groups is 1. The molecule has 1 saturated heterocycles. The highest BCUT2D eigenvalue weighted by molar-refractivity contribution is 8.14. The largest absolute Gasteiger partial charge is 0.573 e. The van der Waals surface area contributed by atoms with Crippen molar-refractivity contribution in [3.05, 3.63) is 89.5 Å². The van der Waals surface area contributed by atoms with E-state index in [9.17, 15) is 22.8 Å². The van der Waals surface area contributed by atoms with Gasteiger partial charge in [-0.3, -0.25) is 4.79 Å². The lowest BCUT2D eigenvalue weighted by molar-refractivity contribution is -0.274. The van der Waals surface area contributed by atoms with Crippen molar-refractivity contribution in [1.82, 2.24) is 10.1 Å². The molecule has 48 heavy (non-hydrogen) atoms. The monoisotopic (exact) mass is 678 g/mol.